The van der Waals surface area contributed by atoms with E-state index < -0.39 is 0 Å². The number of aryl methyl sites for hydroxylation is 3. The summed E-state index contributed by atoms with van der Waals surface area (Å²) in [6, 6.07) is 19.1. The van der Waals surface area contributed by atoms with Crippen molar-refractivity contribution in [2.45, 2.75) is 33.9 Å². The largest absolute Gasteiger partial charge is 0.486 e. The van der Waals surface area contributed by atoms with Gasteiger partial charge in [-0.15, -0.1) is 0 Å². The second-order valence-corrected chi connectivity index (χ2v) is 9.72. The van der Waals surface area contributed by atoms with Crippen LogP contribution in [-0.4, -0.2) is 19.1 Å². The molecule has 0 saturated carbocycles. The molecule has 0 bridgehead atoms. The van der Waals surface area contributed by atoms with Crippen molar-refractivity contribution in [3.8, 4) is 23.1 Å². The molecule has 4 heterocycles. The number of nitriles is 1. The number of ether oxygens (including phenoxy) is 1. The minimum atomic E-state index is -0.376. The second kappa shape index (κ2) is 10.2. The molecule has 0 aliphatic carbocycles. The van der Waals surface area contributed by atoms with Crippen molar-refractivity contribution in [2.75, 3.05) is 0 Å². The standard InChI is InChI=1S/C30H26ClN5O2/c1-18-13-23(27-11-10-20(3)35(27)4)22-8-5-9-28(29(22)34-18)38-17-24-25(31)14-19(2)33-26(24)16-36-12-6-7-21(15-32)30(36)37/h5-14H,16-17H2,1-4H3. The monoisotopic (exact) mass is 523 g/mol. The zero-order valence-electron chi connectivity index (χ0n) is 21.6. The normalized spacial score (nSPS) is 11.1. The van der Waals surface area contributed by atoms with Crippen LogP contribution in [0.2, 0.25) is 5.02 Å². The van der Waals surface area contributed by atoms with Gasteiger partial charge in [0.2, 0.25) is 0 Å². The van der Waals surface area contributed by atoms with Crippen molar-refractivity contribution in [1.82, 2.24) is 19.1 Å². The summed E-state index contributed by atoms with van der Waals surface area (Å²) < 4.78 is 9.94. The SMILES string of the molecule is Cc1cc(Cl)c(COc2cccc3c(-c4ccc(C)n4C)cc(C)nc23)c(Cn2cccc(C#N)c2=O)n1. The Morgan fingerprint density at radius 1 is 1.03 bits per heavy atom. The highest BCUT2D eigenvalue weighted by Gasteiger charge is 2.17. The predicted octanol–water partition coefficient (Wildman–Crippen LogP) is 5.87. The van der Waals surface area contributed by atoms with Crippen LogP contribution in [0.1, 0.15) is 33.9 Å². The van der Waals surface area contributed by atoms with Crippen LogP contribution in [0, 0.1) is 32.1 Å². The van der Waals surface area contributed by atoms with E-state index in [1.54, 1.807) is 18.3 Å². The van der Waals surface area contributed by atoms with Crippen LogP contribution < -0.4 is 10.3 Å². The summed E-state index contributed by atoms with van der Waals surface area (Å²) in [4.78, 5) is 22.1. The minimum Gasteiger partial charge on any atom is -0.486 e. The van der Waals surface area contributed by atoms with Crippen molar-refractivity contribution < 1.29 is 4.74 Å². The van der Waals surface area contributed by atoms with E-state index in [0.717, 1.165) is 33.5 Å². The fourth-order valence-electron chi connectivity index (χ4n) is 4.62. The van der Waals surface area contributed by atoms with E-state index in [-0.39, 0.29) is 24.3 Å². The van der Waals surface area contributed by atoms with Crippen LogP contribution in [0.3, 0.4) is 0 Å². The fourth-order valence-corrected chi connectivity index (χ4v) is 4.95. The molecule has 0 radical (unpaired) electrons. The molecule has 8 heteroatoms. The van der Waals surface area contributed by atoms with Crippen LogP contribution in [0.15, 0.2) is 65.6 Å². The summed E-state index contributed by atoms with van der Waals surface area (Å²) in [5, 5.41) is 10.7. The third kappa shape index (κ3) is 4.67. The van der Waals surface area contributed by atoms with Gasteiger partial charge in [-0.05, 0) is 63.2 Å². The number of hydrogen-bond donors (Lipinski definition) is 0. The molecule has 0 N–H and O–H groups in total. The van der Waals surface area contributed by atoms with Gasteiger partial charge in [-0.3, -0.25) is 9.78 Å². The van der Waals surface area contributed by atoms with Gasteiger partial charge in [-0.2, -0.15) is 5.26 Å². The molecule has 0 atom stereocenters. The number of halogens is 1. The molecule has 5 rings (SSSR count). The zero-order valence-corrected chi connectivity index (χ0v) is 22.4. The molecule has 38 heavy (non-hydrogen) atoms. The van der Waals surface area contributed by atoms with Crippen molar-refractivity contribution in [3.63, 3.8) is 0 Å². The van der Waals surface area contributed by atoms with E-state index in [1.165, 1.54) is 16.3 Å². The number of pyridine rings is 3. The third-order valence-electron chi connectivity index (χ3n) is 6.70. The van der Waals surface area contributed by atoms with Gasteiger partial charge in [0.15, 0.2) is 0 Å². The smallest absolute Gasteiger partial charge is 0.268 e. The average molecular weight is 524 g/mol. The second-order valence-electron chi connectivity index (χ2n) is 9.31. The molecule has 0 aliphatic heterocycles. The van der Waals surface area contributed by atoms with Crippen LogP contribution >= 0.6 is 11.6 Å². The van der Waals surface area contributed by atoms with Gasteiger partial charge in [-0.25, -0.2) is 4.98 Å². The van der Waals surface area contributed by atoms with Gasteiger partial charge >= 0.3 is 0 Å². The maximum atomic E-state index is 12.7. The lowest BCUT2D eigenvalue weighted by atomic mass is 10.0. The Labute approximate surface area is 225 Å². The lowest BCUT2D eigenvalue weighted by molar-refractivity contribution is 0.307. The fraction of sp³-hybridized carbons (Fsp3) is 0.200. The van der Waals surface area contributed by atoms with E-state index >= 15 is 0 Å². The van der Waals surface area contributed by atoms with Gasteiger partial charge in [-0.1, -0.05) is 23.7 Å². The first kappa shape index (κ1) is 25.2. The van der Waals surface area contributed by atoms with E-state index in [0.29, 0.717) is 22.0 Å². The van der Waals surface area contributed by atoms with Crippen molar-refractivity contribution in [2.24, 2.45) is 7.05 Å². The predicted molar refractivity (Wildman–Crippen MR) is 148 cm³/mol. The van der Waals surface area contributed by atoms with Gasteiger partial charge < -0.3 is 13.9 Å². The topological polar surface area (TPSA) is 85.7 Å². The van der Waals surface area contributed by atoms with Crippen LogP contribution in [-0.2, 0) is 20.2 Å². The number of fused-ring (bicyclic) bond motifs is 1. The maximum absolute atomic E-state index is 12.7. The maximum Gasteiger partial charge on any atom is 0.268 e. The highest BCUT2D eigenvalue weighted by atomic mass is 35.5. The summed E-state index contributed by atoms with van der Waals surface area (Å²) in [6.45, 7) is 6.20. The molecule has 5 aromatic rings. The highest BCUT2D eigenvalue weighted by Crippen LogP contribution is 2.34. The molecule has 0 saturated heterocycles. The lowest BCUT2D eigenvalue weighted by Crippen LogP contribution is -2.23. The third-order valence-corrected chi connectivity index (χ3v) is 7.03. The van der Waals surface area contributed by atoms with Crippen LogP contribution in [0.4, 0.5) is 0 Å². The van der Waals surface area contributed by atoms with E-state index in [2.05, 4.69) is 41.7 Å². The van der Waals surface area contributed by atoms with Crippen molar-refractivity contribution >= 4 is 22.5 Å². The molecule has 0 amide bonds. The average Bonchev–Trinajstić information content (AvgIpc) is 3.22. The summed E-state index contributed by atoms with van der Waals surface area (Å²) in [7, 11) is 2.05. The minimum absolute atomic E-state index is 0.0745. The first-order valence-corrected chi connectivity index (χ1v) is 12.5. The Morgan fingerprint density at radius 3 is 2.55 bits per heavy atom. The Morgan fingerprint density at radius 2 is 1.82 bits per heavy atom. The molecular formula is C30H26ClN5O2. The Hall–Kier alpha value is -4.41. The number of para-hydroxylation sites is 1. The Balaban J connectivity index is 1.53. The molecular weight excluding hydrogens is 498 g/mol. The van der Waals surface area contributed by atoms with Gasteiger partial charge in [0, 0.05) is 52.5 Å². The van der Waals surface area contributed by atoms with Crippen molar-refractivity contribution in [1.29, 1.82) is 5.26 Å². The molecule has 190 valence electrons. The number of aromatic nitrogens is 4. The molecule has 1 aromatic carbocycles. The molecule has 4 aromatic heterocycles. The van der Waals surface area contributed by atoms with Crippen molar-refractivity contribution in [3.05, 3.63) is 110 Å². The van der Waals surface area contributed by atoms with E-state index in [9.17, 15) is 10.1 Å². The Bertz CT molecular complexity index is 1800. The summed E-state index contributed by atoms with van der Waals surface area (Å²) in [6.07, 6.45) is 1.63. The number of rotatable bonds is 6. The molecule has 7 nitrogen and oxygen atoms in total. The Kier molecular flexibility index (Phi) is 6.75. The lowest BCUT2D eigenvalue weighted by Gasteiger charge is -2.16. The van der Waals surface area contributed by atoms with Crippen LogP contribution in [0.25, 0.3) is 22.2 Å². The number of nitrogens with zero attached hydrogens (tertiary/aromatic N) is 5. The van der Waals surface area contributed by atoms with Gasteiger partial charge in [0.05, 0.1) is 17.3 Å². The first-order chi connectivity index (χ1) is 18.3. The first-order valence-electron chi connectivity index (χ1n) is 12.2. The number of hydrogen-bond acceptors (Lipinski definition) is 5. The highest BCUT2D eigenvalue weighted by molar-refractivity contribution is 6.31. The molecule has 0 aliphatic rings. The van der Waals surface area contributed by atoms with E-state index in [4.69, 9.17) is 21.3 Å². The summed E-state index contributed by atoms with van der Waals surface area (Å²) in [5.74, 6) is 0.629. The van der Waals surface area contributed by atoms with Gasteiger partial charge in [0.25, 0.3) is 5.56 Å². The zero-order chi connectivity index (χ0) is 27.0. The summed E-state index contributed by atoms with van der Waals surface area (Å²) in [5.41, 5.74) is 6.71. The van der Waals surface area contributed by atoms with E-state index in [1.807, 2.05) is 38.1 Å². The molecule has 0 spiro atoms. The van der Waals surface area contributed by atoms with Crippen LogP contribution in [0.5, 0.6) is 5.75 Å². The molecule has 0 fully saturated rings. The number of benzene rings is 1. The molecule has 0 unspecified atom stereocenters. The summed E-state index contributed by atoms with van der Waals surface area (Å²) >= 11 is 6.66. The van der Waals surface area contributed by atoms with Gasteiger partial charge in [0.1, 0.15) is 29.5 Å². The quantitative estimate of drug-likeness (QED) is 0.277.